The Morgan fingerprint density at radius 3 is 2.63 bits per heavy atom. The number of ether oxygens (including phenoxy) is 1. The molecule has 1 rings (SSSR count). The van der Waals surface area contributed by atoms with Crippen LogP contribution in [0.4, 0.5) is 0 Å². The third-order valence-electron chi connectivity index (χ3n) is 3.24. The van der Waals surface area contributed by atoms with Crippen LogP contribution in [0.25, 0.3) is 0 Å². The van der Waals surface area contributed by atoms with E-state index in [1.54, 1.807) is 0 Å². The summed E-state index contributed by atoms with van der Waals surface area (Å²) in [5.41, 5.74) is 8.98. The maximum Gasteiger partial charge on any atom is 0.239 e. The maximum atomic E-state index is 11.8. The number of rotatable bonds is 6. The number of nitrogens with two attached hydrogens (primary N) is 1. The number of hydrogen-bond donors (Lipinski definition) is 2. The zero-order chi connectivity index (χ0) is 14.6. The van der Waals surface area contributed by atoms with E-state index in [1.807, 2.05) is 32.5 Å². The van der Waals surface area contributed by atoms with E-state index in [2.05, 4.69) is 10.4 Å². The summed E-state index contributed by atoms with van der Waals surface area (Å²) < 4.78 is 6.72. The minimum Gasteiger partial charge on any atom is -0.383 e. The van der Waals surface area contributed by atoms with Crippen LogP contribution in [-0.2, 0) is 23.0 Å². The van der Waals surface area contributed by atoms with Crippen LogP contribution in [0.5, 0.6) is 0 Å². The molecule has 0 aliphatic rings. The molecule has 0 aliphatic heterocycles. The Balaban J connectivity index is 2.60. The number of amides is 1. The fourth-order valence-electron chi connectivity index (χ4n) is 2.08. The molecule has 0 saturated heterocycles. The third kappa shape index (κ3) is 4.04. The van der Waals surface area contributed by atoms with Crippen molar-refractivity contribution >= 4 is 5.91 Å². The molecule has 1 amide bonds. The first kappa shape index (κ1) is 15.7. The molecule has 0 aliphatic carbocycles. The summed E-state index contributed by atoms with van der Waals surface area (Å²) in [7, 11) is 3.45. The van der Waals surface area contributed by atoms with Gasteiger partial charge in [0, 0.05) is 25.9 Å². The molecule has 19 heavy (non-hydrogen) atoms. The van der Waals surface area contributed by atoms with Crippen molar-refractivity contribution in [2.24, 2.45) is 12.8 Å². The molecule has 6 heteroatoms. The lowest BCUT2D eigenvalue weighted by Gasteiger charge is -2.17. The minimum atomic E-state index is -0.622. The number of aryl methyl sites for hydroxylation is 2. The molecule has 0 bridgehead atoms. The summed E-state index contributed by atoms with van der Waals surface area (Å²) in [5, 5.41) is 7.26. The molecule has 3 N–H and O–H groups in total. The summed E-state index contributed by atoms with van der Waals surface area (Å²) in [6, 6.07) is -0.611. The summed E-state index contributed by atoms with van der Waals surface area (Å²) in [4.78, 5) is 11.8. The first-order valence-corrected chi connectivity index (χ1v) is 6.40. The maximum absolute atomic E-state index is 11.8. The fraction of sp³-hybridized carbons (Fsp3) is 0.692. The zero-order valence-electron chi connectivity index (χ0n) is 12.4. The van der Waals surface area contributed by atoms with E-state index in [1.165, 1.54) is 12.7 Å². The van der Waals surface area contributed by atoms with E-state index in [0.717, 1.165) is 17.8 Å². The van der Waals surface area contributed by atoms with Crippen LogP contribution >= 0.6 is 0 Å². The number of nitrogens with zero attached hydrogens (tertiary/aromatic N) is 2. The predicted molar refractivity (Wildman–Crippen MR) is 73.8 cm³/mol. The van der Waals surface area contributed by atoms with Gasteiger partial charge in [-0.25, -0.2) is 0 Å². The molecule has 1 aromatic rings. The lowest BCUT2D eigenvalue weighted by Crippen LogP contribution is -2.47. The summed E-state index contributed by atoms with van der Waals surface area (Å²) in [5.74, 6) is -0.187. The normalized spacial score (nSPS) is 14.2. The zero-order valence-corrected chi connectivity index (χ0v) is 12.4. The van der Waals surface area contributed by atoms with Crippen molar-refractivity contribution in [2.45, 2.75) is 39.3 Å². The van der Waals surface area contributed by atoms with E-state index in [-0.39, 0.29) is 18.6 Å². The second kappa shape index (κ2) is 6.68. The van der Waals surface area contributed by atoms with Gasteiger partial charge in [-0.1, -0.05) is 0 Å². The molecule has 0 spiro atoms. The molecule has 2 atom stereocenters. The molecule has 6 nitrogen and oxygen atoms in total. The van der Waals surface area contributed by atoms with Gasteiger partial charge >= 0.3 is 0 Å². The van der Waals surface area contributed by atoms with Gasteiger partial charge in [-0.05, 0) is 32.8 Å². The van der Waals surface area contributed by atoms with Crippen molar-refractivity contribution in [3.8, 4) is 0 Å². The smallest absolute Gasteiger partial charge is 0.239 e. The van der Waals surface area contributed by atoms with Crippen LogP contribution in [0.3, 0.4) is 0 Å². The Bertz CT molecular complexity index is 442. The lowest BCUT2D eigenvalue weighted by molar-refractivity contribution is -0.124. The van der Waals surface area contributed by atoms with Gasteiger partial charge in [0.1, 0.15) is 6.04 Å². The standard InChI is InChI=1S/C13H24N4O2/c1-8(15-13(18)12(14)7-19-5)6-11-9(2)16-17(4)10(11)3/h8,12H,6-7,14H2,1-5H3,(H,15,18). The molecule has 108 valence electrons. The van der Waals surface area contributed by atoms with E-state index in [0.29, 0.717) is 0 Å². The monoisotopic (exact) mass is 268 g/mol. The van der Waals surface area contributed by atoms with Crippen LogP contribution in [0.2, 0.25) is 0 Å². The fourth-order valence-corrected chi connectivity index (χ4v) is 2.08. The second-order valence-corrected chi connectivity index (χ2v) is 4.95. The Morgan fingerprint density at radius 2 is 2.16 bits per heavy atom. The van der Waals surface area contributed by atoms with Gasteiger partial charge in [-0.2, -0.15) is 5.10 Å². The Hall–Kier alpha value is -1.40. The van der Waals surface area contributed by atoms with Gasteiger partial charge in [-0.3, -0.25) is 9.48 Å². The lowest BCUT2D eigenvalue weighted by atomic mass is 10.1. The van der Waals surface area contributed by atoms with Crippen LogP contribution in [0.15, 0.2) is 0 Å². The van der Waals surface area contributed by atoms with Crippen molar-refractivity contribution in [2.75, 3.05) is 13.7 Å². The number of nitrogens with one attached hydrogen (secondary N) is 1. The first-order valence-electron chi connectivity index (χ1n) is 6.40. The Morgan fingerprint density at radius 1 is 1.53 bits per heavy atom. The summed E-state index contributed by atoms with van der Waals surface area (Å²) in [6.07, 6.45) is 0.747. The van der Waals surface area contributed by atoms with Gasteiger partial charge < -0.3 is 15.8 Å². The summed E-state index contributed by atoms with van der Waals surface area (Å²) >= 11 is 0. The molecular formula is C13H24N4O2. The molecule has 0 fully saturated rings. The number of hydrogen-bond acceptors (Lipinski definition) is 4. The van der Waals surface area contributed by atoms with Crippen LogP contribution in [0, 0.1) is 13.8 Å². The van der Waals surface area contributed by atoms with Crippen molar-refractivity contribution < 1.29 is 9.53 Å². The average Bonchev–Trinajstić information content (AvgIpc) is 2.56. The number of aromatic nitrogens is 2. The SMILES string of the molecule is COCC(N)C(=O)NC(C)Cc1c(C)nn(C)c1C. The molecule has 1 aromatic heterocycles. The largest absolute Gasteiger partial charge is 0.383 e. The highest BCUT2D eigenvalue weighted by Crippen LogP contribution is 2.14. The molecule has 2 unspecified atom stereocenters. The Labute approximate surface area is 114 Å². The van der Waals surface area contributed by atoms with E-state index in [4.69, 9.17) is 10.5 Å². The van der Waals surface area contributed by atoms with Gasteiger partial charge in [0.2, 0.25) is 5.91 Å². The number of carbonyl (C=O) groups is 1. The Kier molecular flexibility index (Phi) is 5.50. The van der Waals surface area contributed by atoms with Crippen LogP contribution in [0.1, 0.15) is 23.9 Å². The average molecular weight is 268 g/mol. The van der Waals surface area contributed by atoms with Crippen molar-refractivity contribution in [3.63, 3.8) is 0 Å². The van der Waals surface area contributed by atoms with Crippen molar-refractivity contribution in [3.05, 3.63) is 17.0 Å². The highest BCUT2D eigenvalue weighted by molar-refractivity contribution is 5.81. The number of carbonyl (C=O) groups excluding carboxylic acids is 1. The first-order chi connectivity index (χ1) is 8.86. The molecule has 1 heterocycles. The highest BCUT2D eigenvalue weighted by atomic mass is 16.5. The van der Waals surface area contributed by atoms with E-state index in [9.17, 15) is 4.79 Å². The van der Waals surface area contributed by atoms with Crippen LogP contribution < -0.4 is 11.1 Å². The molecule has 0 saturated carbocycles. The second-order valence-electron chi connectivity index (χ2n) is 4.95. The van der Waals surface area contributed by atoms with E-state index < -0.39 is 6.04 Å². The van der Waals surface area contributed by atoms with Gasteiger partial charge in [0.05, 0.1) is 12.3 Å². The molecule has 0 radical (unpaired) electrons. The van der Waals surface area contributed by atoms with Gasteiger partial charge in [0.15, 0.2) is 0 Å². The number of methoxy groups -OCH3 is 1. The minimum absolute atomic E-state index is 0.0111. The molecular weight excluding hydrogens is 244 g/mol. The van der Waals surface area contributed by atoms with Crippen molar-refractivity contribution in [1.29, 1.82) is 0 Å². The topological polar surface area (TPSA) is 82.2 Å². The highest BCUT2D eigenvalue weighted by Gasteiger charge is 2.18. The molecule has 0 aromatic carbocycles. The van der Waals surface area contributed by atoms with Gasteiger partial charge in [-0.15, -0.1) is 0 Å². The van der Waals surface area contributed by atoms with Gasteiger partial charge in [0.25, 0.3) is 0 Å². The predicted octanol–water partition coefficient (Wildman–Crippen LogP) is 0.0578. The van der Waals surface area contributed by atoms with Crippen molar-refractivity contribution in [1.82, 2.24) is 15.1 Å². The van der Waals surface area contributed by atoms with Crippen LogP contribution in [-0.4, -0.2) is 41.5 Å². The summed E-state index contributed by atoms with van der Waals surface area (Å²) in [6.45, 7) is 6.20. The third-order valence-corrected chi connectivity index (χ3v) is 3.24. The quantitative estimate of drug-likeness (QED) is 0.764. The van der Waals surface area contributed by atoms with E-state index >= 15 is 0 Å².